The molecule has 1 fully saturated rings. The number of carbonyl (C=O) groups excluding carboxylic acids is 1. The van der Waals surface area contributed by atoms with Crippen LogP contribution in [0.4, 0.5) is 0 Å². The lowest BCUT2D eigenvalue weighted by molar-refractivity contribution is -0.0955. The smallest absolute Gasteiger partial charge is 0.276 e. The van der Waals surface area contributed by atoms with E-state index in [2.05, 4.69) is 18.8 Å². The molecule has 2 heterocycles. The van der Waals surface area contributed by atoms with Crippen LogP contribution in [0.5, 0.6) is 0 Å². The fraction of sp³-hybridized carbons (Fsp3) is 0.474. The van der Waals surface area contributed by atoms with Crippen molar-refractivity contribution < 1.29 is 13.9 Å². The number of oxazole rings is 1. The van der Waals surface area contributed by atoms with Crippen molar-refractivity contribution in [2.24, 2.45) is 5.92 Å². The summed E-state index contributed by atoms with van der Waals surface area (Å²) in [4.78, 5) is 18.9. The van der Waals surface area contributed by atoms with Gasteiger partial charge in [-0.2, -0.15) is 0 Å². The molecule has 5 nitrogen and oxygen atoms in total. The van der Waals surface area contributed by atoms with E-state index in [4.69, 9.17) is 9.15 Å². The summed E-state index contributed by atoms with van der Waals surface area (Å²) in [7, 11) is 0. The van der Waals surface area contributed by atoms with Crippen LogP contribution in [0.3, 0.4) is 0 Å². The number of aryl methyl sites for hydroxylation is 1. The van der Waals surface area contributed by atoms with Gasteiger partial charge in [-0.15, -0.1) is 0 Å². The molecular weight excluding hydrogens is 304 g/mol. The zero-order valence-corrected chi connectivity index (χ0v) is 14.4. The molecule has 2 atom stereocenters. The Morgan fingerprint density at radius 2 is 2.04 bits per heavy atom. The third-order valence-corrected chi connectivity index (χ3v) is 4.49. The van der Waals surface area contributed by atoms with Gasteiger partial charge < -0.3 is 14.1 Å². The second kappa shape index (κ2) is 7.18. The number of nitrogens with zero attached hydrogens (tertiary/aromatic N) is 2. The first-order valence-electron chi connectivity index (χ1n) is 8.52. The maximum atomic E-state index is 12.9. The third-order valence-electron chi connectivity index (χ3n) is 4.49. The molecule has 1 saturated heterocycles. The topological polar surface area (TPSA) is 55.6 Å². The Kier molecular flexibility index (Phi) is 5.00. The second-order valence-electron chi connectivity index (χ2n) is 6.51. The monoisotopic (exact) mass is 328 g/mol. The number of rotatable bonds is 4. The lowest BCUT2D eigenvalue weighted by atomic mass is 10.0. The summed E-state index contributed by atoms with van der Waals surface area (Å²) in [5, 5.41) is 0. The maximum Gasteiger partial charge on any atom is 0.276 e. The minimum Gasteiger partial charge on any atom is -0.448 e. The van der Waals surface area contributed by atoms with Gasteiger partial charge in [-0.25, -0.2) is 4.98 Å². The van der Waals surface area contributed by atoms with Crippen LogP contribution >= 0.6 is 0 Å². The first-order valence-corrected chi connectivity index (χ1v) is 8.52. The molecule has 24 heavy (non-hydrogen) atoms. The van der Waals surface area contributed by atoms with Gasteiger partial charge in [-0.05, 0) is 11.5 Å². The molecule has 0 radical (unpaired) electrons. The first-order chi connectivity index (χ1) is 11.6. The van der Waals surface area contributed by atoms with E-state index in [-0.39, 0.29) is 18.1 Å². The molecule has 5 heteroatoms. The molecular formula is C19H24N2O3. The largest absolute Gasteiger partial charge is 0.448 e. The quantitative estimate of drug-likeness (QED) is 0.862. The molecule has 2 aromatic rings. The van der Waals surface area contributed by atoms with Crippen molar-refractivity contribution in [3.63, 3.8) is 0 Å². The van der Waals surface area contributed by atoms with E-state index in [9.17, 15) is 4.79 Å². The zero-order valence-electron chi connectivity index (χ0n) is 14.4. The van der Waals surface area contributed by atoms with E-state index in [1.165, 1.54) is 6.39 Å². The number of morpholine rings is 1. The van der Waals surface area contributed by atoms with E-state index >= 15 is 0 Å². The molecule has 128 valence electrons. The molecule has 1 aromatic carbocycles. The number of hydrogen-bond donors (Lipinski definition) is 0. The van der Waals surface area contributed by atoms with Gasteiger partial charge in [0.1, 0.15) is 11.9 Å². The van der Waals surface area contributed by atoms with Gasteiger partial charge in [-0.3, -0.25) is 4.79 Å². The highest BCUT2D eigenvalue weighted by Crippen LogP contribution is 2.29. The predicted octanol–water partition coefficient (Wildman–Crippen LogP) is 3.48. The Morgan fingerprint density at radius 3 is 2.71 bits per heavy atom. The van der Waals surface area contributed by atoms with Gasteiger partial charge in [0.05, 0.1) is 12.6 Å². The molecule has 0 saturated carbocycles. The summed E-state index contributed by atoms with van der Waals surface area (Å²) in [5.41, 5.74) is 1.52. The lowest BCUT2D eigenvalue weighted by Gasteiger charge is -2.39. The van der Waals surface area contributed by atoms with Crippen LogP contribution in [0, 0.1) is 5.92 Å². The molecule has 0 N–H and O–H groups in total. The van der Waals surface area contributed by atoms with E-state index in [1.807, 2.05) is 42.2 Å². The molecule has 1 aromatic heterocycles. The highest BCUT2D eigenvalue weighted by atomic mass is 16.5. The van der Waals surface area contributed by atoms with E-state index < -0.39 is 0 Å². The van der Waals surface area contributed by atoms with Gasteiger partial charge in [0.25, 0.3) is 5.91 Å². The average Bonchev–Trinajstić information content (AvgIpc) is 3.10. The Bertz CT molecular complexity index is 681. The van der Waals surface area contributed by atoms with Gasteiger partial charge in [0.15, 0.2) is 12.1 Å². The summed E-state index contributed by atoms with van der Waals surface area (Å²) in [6.07, 6.45) is 1.89. The van der Waals surface area contributed by atoms with Crippen LogP contribution in [0.2, 0.25) is 0 Å². The lowest BCUT2D eigenvalue weighted by Crippen LogP contribution is -2.48. The number of benzene rings is 1. The highest BCUT2D eigenvalue weighted by Gasteiger charge is 2.34. The molecule has 1 aliphatic rings. The maximum absolute atomic E-state index is 12.9. The fourth-order valence-corrected chi connectivity index (χ4v) is 3.02. The van der Waals surface area contributed by atoms with Gasteiger partial charge >= 0.3 is 0 Å². The van der Waals surface area contributed by atoms with E-state index in [1.54, 1.807) is 0 Å². The van der Waals surface area contributed by atoms with Gasteiger partial charge in [0, 0.05) is 13.0 Å². The summed E-state index contributed by atoms with van der Waals surface area (Å²) in [6, 6.07) is 10.1. The van der Waals surface area contributed by atoms with Crippen LogP contribution in [-0.4, -0.2) is 35.0 Å². The van der Waals surface area contributed by atoms with Crippen molar-refractivity contribution in [2.75, 3.05) is 13.1 Å². The predicted molar refractivity (Wildman–Crippen MR) is 90.7 cm³/mol. The van der Waals surface area contributed by atoms with E-state index in [0.29, 0.717) is 36.9 Å². The average molecular weight is 328 g/mol. The van der Waals surface area contributed by atoms with Crippen molar-refractivity contribution in [1.29, 1.82) is 0 Å². The minimum absolute atomic E-state index is 0.00452. The molecule has 1 amide bonds. The Hall–Kier alpha value is -2.14. The molecule has 0 aliphatic carbocycles. The Morgan fingerprint density at radius 1 is 1.29 bits per heavy atom. The molecule has 0 spiro atoms. The van der Waals surface area contributed by atoms with E-state index in [0.717, 1.165) is 5.56 Å². The fourth-order valence-electron chi connectivity index (χ4n) is 3.02. The van der Waals surface area contributed by atoms with Crippen molar-refractivity contribution in [1.82, 2.24) is 9.88 Å². The zero-order chi connectivity index (χ0) is 17.1. The van der Waals surface area contributed by atoms with Gasteiger partial charge in [0.2, 0.25) is 0 Å². The van der Waals surface area contributed by atoms with Gasteiger partial charge in [-0.1, -0.05) is 51.1 Å². The summed E-state index contributed by atoms with van der Waals surface area (Å²) in [6.45, 7) is 7.31. The third kappa shape index (κ3) is 3.36. The van der Waals surface area contributed by atoms with Crippen molar-refractivity contribution in [3.05, 3.63) is 53.7 Å². The number of carbonyl (C=O) groups is 1. The van der Waals surface area contributed by atoms with Crippen LogP contribution in [0.25, 0.3) is 0 Å². The number of aromatic nitrogens is 1. The van der Waals surface area contributed by atoms with Crippen molar-refractivity contribution >= 4 is 5.91 Å². The van der Waals surface area contributed by atoms with Crippen molar-refractivity contribution in [2.45, 2.75) is 39.4 Å². The molecule has 1 aliphatic heterocycles. The minimum atomic E-state index is -0.117. The number of amides is 1. The number of hydrogen-bond acceptors (Lipinski definition) is 4. The highest BCUT2D eigenvalue weighted by molar-refractivity contribution is 5.93. The standard InChI is InChI=1S/C19H24N2O3/c1-4-15-18(20-12-23-15)19(22)21-10-16(13(2)3)24-17(11-21)14-8-6-5-7-9-14/h5-9,12-13,16-17H,4,10-11H2,1-3H3/t16-,17+/m1/s1. The second-order valence-corrected chi connectivity index (χ2v) is 6.51. The number of ether oxygens (including phenoxy) is 1. The molecule has 0 bridgehead atoms. The van der Waals surface area contributed by atoms with Crippen LogP contribution in [0.15, 0.2) is 41.1 Å². The van der Waals surface area contributed by atoms with Crippen molar-refractivity contribution in [3.8, 4) is 0 Å². The Balaban J connectivity index is 1.85. The normalized spacial score (nSPS) is 21.2. The van der Waals surface area contributed by atoms with Crippen LogP contribution in [-0.2, 0) is 11.2 Å². The van der Waals surface area contributed by atoms with Crippen LogP contribution in [0.1, 0.15) is 48.7 Å². The first kappa shape index (κ1) is 16.7. The summed E-state index contributed by atoms with van der Waals surface area (Å²) in [5.74, 6) is 0.897. The Labute approximate surface area is 142 Å². The van der Waals surface area contributed by atoms with Crippen LogP contribution < -0.4 is 0 Å². The molecule has 0 unspecified atom stereocenters. The summed E-state index contributed by atoms with van der Waals surface area (Å²) >= 11 is 0. The molecule has 3 rings (SSSR count). The summed E-state index contributed by atoms with van der Waals surface area (Å²) < 4.78 is 11.6. The SMILES string of the molecule is CCc1ocnc1C(=O)N1C[C@@H](c2ccccc2)O[C@@H](C(C)C)C1.